The molecule has 2 heterocycles. The van der Waals surface area contributed by atoms with Crippen molar-refractivity contribution in [1.82, 2.24) is 9.97 Å². The third-order valence-corrected chi connectivity index (χ3v) is 8.86. The van der Waals surface area contributed by atoms with Gasteiger partial charge in [0.05, 0.1) is 16.9 Å². The lowest BCUT2D eigenvalue weighted by atomic mass is 9.87. The summed E-state index contributed by atoms with van der Waals surface area (Å²) in [7, 11) is 1.81. The number of aliphatic imine (C=N–C) groups is 1. The van der Waals surface area contributed by atoms with Crippen LogP contribution in [0.3, 0.4) is 0 Å². The average molecular weight is 590 g/mol. The summed E-state index contributed by atoms with van der Waals surface area (Å²) in [5.74, 6) is 0. The molecule has 46 heavy (non-hydrogen) atoms. The highest BCUT2D eigenvalue weighted by Crippen LogP contribution is 2.43. The largest absolute Gasteiger partial charge is 0.296 e. The standard InChI is InChI=1S/C43H31N3/c1-3-28(27-44-2)31-23-32(25-33(24-31)40-19-11-12-22-45-40)38-26-39-41(36-18-10-9-17-35(36)38)37-21-20-29-13-7-8-16-34(29)43(37)46-42(39)30-14-5-4-6-15-30/h3-27H,1-2H3/b28-3+,44-27?. The summed E-state index contributed by atoms with van der Waals surface area (Å²) in [6.45, 7) is 2.06. The van der Waals surface area contributed by atoms with Crippen LogP contribution in [0.5, 0.6) is 0 Å². The summed E-state index contributed by atoms with van der Waals surface area (Å²) in [5.41, 5.74) is 9.55. The number of rotatable bonds is 5. The molecule has 3 nitrogen and oxygen atoms in total. The first kappa shape index (κ1) is 27.6. The second-order valence-corrected chi connectivity index (χ2v) is 11.5. The van der Waals surface area contributed by atoms with Crippen molar-refractivity contribution in [2.75, 3.05) is 7.05 Å². The Morgan fingerprint density at radius 2 is 1.35 bits per heavy atom. The second kappa shape index (κ2) is 11.5. The van der Waals surface area contributed by atoms with E-state index in [0.717, 1.165) is 66.5 Å². The van der Waals surface area contributed by atoms with Crippen molar-refractivity contribution in [3.63, 3.8) is 0 Å². The van der Waals surface area contributed by atoms with Gasteiger partial charge in [-0.3, -0.25) is 9.98 Å². The van der Waals surface area contributed by atoms with E-state index in [0.29, 0.717) is 0 Å². The first-order chi connectivity index (χ1) is 22.7. The van der Waals surface area contributed by atoms with E-state index in [1.165, 1.54) is 21.5 Å². The molecule has 0 amide bonds. The van der Waals surface area contributed by atoms with Crippen molar-refractivity contribution < 1.29 is 0 Å². The van der Waals surface area contributed by atoms with E-state index in [-0.39, 0.29) is 0 Å². The summed E-state index contributed by atoms with van der Waals surface area (Å²) < 4.78 is 0. The van der Waals surface area contributed by atoms with Crippen molar-refractivity contribution in [2.45, 2.75) is 6.92 Å². The molecule has 8 aromatic rings. The fourth-order valence-electron chi connectivity index (χ4n) is 6.74. The van der Waals surface area contributed by atoms with E-state index in [4.69, 9.17) is 9.97 Å². The molecule has 0 saturated heterocycles. The number of hydrogen-bond donors (Lipinski definition) is 0. The molecule has 0 aliphatic rings. The zero-order chi connectivity index (χ0) is 31.0. The molecular formula is C43H31N3. The molecule has 0 spiro atoms. The van der Waals surface area contributed by atoms with E-state index < -0.39 is 0 Å². The van der Waals surface area contributed by atoms with Gasteiger partial charge in [-0.1, -0.05) is 103 Å². The average Bonchev–Trinajstić information content (AvgIpc) is 3.13. The number of fused-ring (bicyclic) bond motifs is 7. The van der Waals surface area contributed by atoms with E-state index in [1.54, 1.807) is 0 Å². The van der Waals surface area contributed by atoms with Crippen LogP contribution in [0.2, 0.25) is 0 Å². The molecule has 3 heteroatoms. The number of allylic oxidation sites excluding steroid dienone is 2. The van der Waals surface area contributed by atoms with Crippen molar-refractivity contribution in [2.24, 2.45) is 4.99 Å². The number of nitrogens with zero attached hydrogens (tertiary/aromatic N) is 3. The van der Waals surface area contributed by atoms with Crippen LogP contribution in [-0.2, 0) is 0 Å². The number of benzene rings is 6. The zero-order valence-electron chi connectivity index (χ0n) is 25.8. The normalized spacial score (nSPS) is 12.2. The van der Waals surface area contributed by atoms with Gasteiger partial charge in [0.1, 0.15) is 0 Å². The first-order valence-corrected chi connectivity index (χ1v) is 15.6. The van der Waals surface area contributed by atoms with Crippen molar-refractivity contribution >= 4 is 55.0 Å². The van der Waals surface area contributed by atoms with E-state index in [1.807, 2.05) is 31.6 Å². The Balaban J connectivity index is 1.53. The minimum Gasteiger partial charge on any atom is -0.296 e. The third-order valence-electron chi connectivity index (χ3n) is 8.86. The summed E-state index contributed by atoms with van der Waals surface area (Å²) >= 11 is 0. The van der Waals surface area contributed by atoms with Crippen LogP contribution in [0.25, 0.3) is 82.4 Å². The molecular weight excluding hydrogens is 558 g/mol. The first-order valence-electron chi connectivity index (χ1n) is 15.6. The predicted octanol–water partition coefficient (Wildman–Crippen LogP) is 11.2. The maximum Gasteiger partial charge on any atom is 0.0794 e. The third kappa shape index (κ3) is 4.65. The Hall–Kier alpha value is -5.93. The molecule has 0 radical (unpaired) electrons. The highest BCUT2D eigenvalue weighted by molar-refractivity contribution is 6.28. The van der Waals surface area contributed by atoms with Crippen LogP contribution in [0.15, 0.2) is 151 Å². The minimum atomic E-state index is 0.934. The highest BCUT2D eigenvalue weighted by atomic mass is 14.7. The van der Waals surface area contributed by atoms with E-state index in [2.05, 4.69) is 139 Å². The molecule has 2 aromatic heterocycles. The van der Waals surface area contributed by atoms with Crippen LogP contribution in [0, 0.1) is 0 Å². The fourth-order valence-corrected chi connectivity index (χ4v) is 6.74. The summed E-state index contributed by atoms with van der Waals surface area (Å²) in [6.07, 6.45) is 5.89. The molecule has 8 rings (SSSR count). The Labute approximate surface area is 268 Å². The Bertz CT molecular complexity index is 2480. The van der Waals surface area contributed by atoms with Crippen LogP contribution in [0.1, 0.15) is 12.5 Å². The van der Waals surface area contributed by atoms with Crippen LogP contribution in [0.4, 0.5) is 0 Å². The quantitative estimate of drug-likeness (QED) is 0.148. The van der Waals surface area contributed by atoms with Crippen molar-refractivity contribution in [3.8, 4) is 33.6 Å². The maximum atomic E-state index is 5.46. The summed E-state index contributed by atoms with van der Waals surface area (Å²) in [5, 5.41) is 8.28. The lowest BCUT2D eigenvalue weighted by Gasteiger charge is -2.18. The van der Waals surface area contributed by atoms with Crippen molar-refractivity contribution in [1.29, 1.82) is 0 Å². The second-order valence-electron chi connectivity index (χ2n) is 11.5. The number of hydrogen-bond acceptors (Lipinski definition) is 3. The molecule has 0 fully saturated rings. The molecule has 218 valence electrons. The van der Waals surface area contributed by atoms with Crippen LogP contribution >= 0.6 is 0 Å². The minimum absolute atomic E-state index is 0.934. The van der Waals surface area contributed by atoms with E-state index >= 15 is 0 Å². The Kier molecular flexibility index (Phi) is 6.92. The van der Waals surface area contributed by atoms with Crippen LogP contribution < -0.4 is 0 Å². The molecule has 0 aliphatic carbocycles. The molecule has 0 N–H and O–H groups in total. The fraction of sp³-hybridized carbons (Fsp3) is 0.0465. The van der Waals surface area contributed by atoms with Gasteiger partial charge in [-0.25, -0.2) is 4.98 Å². The van der Waals surface area contributed by atoms with Crippen LogP contribution in [-0.4, -0.2) is 23.2 Å². The Morgan fingerprint density at radius 3 is 2.13 bits per heavy atom. The molecule has 6 aromatic carbocycles. The maximum absolute atomic E-state index is 5.46. The zero-order valence-corrected chi connectivity index (χ0v) is 25.8. The highest BCUT2D eigenvalue weighted by Gasteiger charge is 2.19. The summed E-state index contributed by atoms with van der Waals surface area (Å²) in [6, 6.07) is 47.5. The van der Waals surface area contributed by atoms with Gasteiger partial charge in [-0.2, -0.15) is 0 Å². The lowest BCUT2D eigenvalue weighted by Crippen LogP contribution is -1.95. The van der Waals surface area contributed by atoms with Gasteiger partial charge in [-0.05, 0) is 81.7 Å². The van der Waals surface area contributed by atoms with Gasteiger partial charge < -0.3 is 0 Å². The topological polar surface area (TPSA) is 38.1 Å². The van der Waals surface area contributed by atoms with Crippen molar-refractivity contribution in [3.05, 3.63) is 151 Å². The van der Waals surface area contributed by atoms with Gasteiger partial charge >= 0.3 is 0 Å². The van der Waals surface area contributed by atoms with Gasteiger partial charge in [0.25, 0.3) is 0 Å². The molecule has 0 unspecified atom stereocenters. The predicted molar refractivity (Wildman–Crippen MR) is 196 cm³/mol. The van der Waals surface area contributed by atoms with Gasteiger partial charge in [0, 0.05) is 52.1 Å². The summed E-state index contributed by atoms with van der Waals surface area (Å²) in [4.78, 5) is 14.5. The van der Waals surface area contributed by atoms with Gasteiger partial charge in [0.15, 0.2) is 0 Å². The van der Waals surface area contributed by atoms with E-state index in [9.17, 15) is 0 Å². The smallest absolute Gasteiger partial charge is 0.0794 e. The molecule has 0 saturated carbocycles. The Morgan fingerprint density at radius 1 is 0.609 bits per heavy atom. The SMILES string of the molecule is C/C=C(\C=NC)c1cc(-c2ccccn2)cc(-c2cc3c(-c4ccccc4)nc4c5ccccc5ccc4c3c3ccccc23)c1. The molecule has 0 atom stereocenters. The van der Waals surface area contributed by atoms with Gasteiger partial charge in [0.2, 0.25) is 0 Å². The molecule has 0 bridgehead atoms. The van der Waals surface area contributed by atoms with Gasteiger partial charge in [-0.15, -0.1) is 0 Å². The number of aromatic nitrogens is 2. The molecule has 0 aliphatic heterocycles. The monoisotopic (exact) mass is 589 g/mol. The number of pyridine rings is 2. The lowest BCUT2D eigenvalue weighted by molar-refractivity contribution is 1.32.